The van der Waals surface area contributed by atoms with Crippen molar-refractivity contribution in [2.75, 3.05) is 19.0 Å². The fourth-order valence-corrected chi connectivity index (χ4v) is 2.40. The van der Waals surface area contributed by atoms with E-state index in [0.29, 0.717) is 35.7 Å². The fraction of sp³-hybridized carbons (Fsp3) is 0.238. The van der Waals surface area contributed by atoms with Gasteiger partial charge in [-0.15, -0.1) is 6.58 Å². The number of amides is 2. The lowest BCUT2D eigenvalue weighted by molar-refractivity contribution is -0.122. The maximum absolute atomic E-state index is 12.7. The second-order valence-electron chi connectivity index (χ2n) is 5.72. The number of anilines is 1. The van der Waals surface area contributed by atoms with Crippen LogP contribution in [-0.2, 0) is 4.79 Å². The molecule has 2 rings (SSSR count). The van der Waals surface area contributed by atoms with Gasteiger partial charge in [0, 0.05) is 6.54 Å². The average Bonchev–Trinajstić information content (AvgIpc) is 2.70. The summed E-state index contributed by atoms with van der Waals surface area (Å²) in [5.41, 5.74) is 0.813. The highest BCUT2D eigenvalue weighted by atomic mass is 16.5. The zero-order valence-electron chi connectivity index (χ0n) is 15.5. The molecule has 0 aliphatic heterocycles. The largest absolute Gasteiger partial charge is 0.497 e. The molecular formula is C21H24N2O4. The van der Waals surface area contributed by atoms with Gasteiger partial charge in [0.1, 0.15) is 11.5 Å². The third kappa shape index (κ3) is 5.60. The van der Waals surface area contributed by atoms with Crippen LogP contribution in [0.2, 0.25) is 0 Å². The molecule has 2 N–H and O–H groups in total. The summed E-state index contributed by atoms with van der Waals surface area (Å²) in [6.45, 7) is 5.78. The average molecular weight is 368 g/mol. The number of ether oxygens (including phenoxy) is 2. The van der Waals surface area contributed by atoms with Crippen molar-refractivity contribution >= 4 is 17.5 Å². The summed E-state index contributed by atoms with van der Waals surface area (Å²) in [6.07, 6.45) is 1.38. The number of rotatable bonds is 9. The van der Waals surface area contributed by atoms with Gasteiger partial charge in [0.2, 0.25) is 0 Å². The van der Waals surface area contributed by atoms with E-state index in [4.69, 9.17) is 9.47 Å². The Morgan fingerprint density at radius 1 is 1.11 bits per heavy atom. The Kier molecular flexibility index (Phi) is 7.43. The van der Waals surface area contributed by atoms with E-state index < -0.39 is 6.10 Å². The fourth-order valence-electron chi connectivity index (χ4n) is 2.40. The van der Waals surface area contributed by atoms with Gasteiger partial charge >= 0.3 is 0 Å². The van der Waals surface area contributed by atoms with Crippen LogP contribution in [0.4, 0.5) is 5.69 Å². The minimum Gasteiger partial charge on any atom is -0.497 e. The Morgan fingerprint density at radius 3 is 2.41 bits per heavy atom. The molecule has 0 fully saturated rings. The number of hydrogen-bond donors (Lipinski definition) is 2. The normalized spacial score (nSPS) is 11.2. The number of methoxy groups -OCH3 is 1. The molecule has 2 aromatic rings. The van der Waals surface area contributed by atoms with Crippen LogP contribution in [0.1, 0.15) is 23.7 Å². The molecule has 0 saturated carbocycles. The first-order chi connectivity index (χ1) is 13.1. The molecule has 6 heteroatoms. The summed E-state index contributed by atoms with van der Waals surface area (Å²) >= 11 is 0. The van der Waals surface area contributed by atoms with Gasteiger partial charge < -0.3 is 20.1 Å². The quantitative estimate of drug-likeness (QED) is 0.665. The molecule has 0 aliphatic rings. The van der Waals surface area contributed by atoms with Crippen molar-refractivity contribution in [3.05, 3.63) is 66.7 Å². The molecule has 6 nitrogen and oxygen atoms in total. The highest BCUT2D eigenvalue weighted by molar-refractivity contribution is 6.04. The number of para-hydroxylation sites is 1. The topological polar surface area (TPSA) is 76.7 Å². The lowest BCUT2D eigenvalue weighted by Crippen LogP contribution is -2.33. The van der Waals surface area contributed by atoms with Crippen LogP contribution in [0.25, 0.3) is 0 Å². The Hall–Kier alpha value is -3.28. The Morgan fingerprint density at radius 2 is 1.78 bits per heavy atom. The summed E-state index contributed by atoms with van der Waals surface area (Å²) < 4.78 is 10.9. The maximum atomic E-state index is 12.7. The van der Waals surface area contributed by atoms with Crippen molar-refractivity contribution in [2.45, 2.75) is 19.4 Å². The van der Waals surface area contributed by atoms with E-state index in [9.17, 15) is 9.59 Å². The van der Waals surface area contributed by atoms with Crippen LogP contribution in [0.3, 0.4) is 0 Å². The van der Waals surface area contributed by atoms with E-state index in [2.05, 4.69) is 17.2 Å². The van der Waals surface area contributed by atoms with Crippen molar-refractivity contribution in [2.24, 2.45) is 0 Å². The van der Waals surface area contributed by atoms with Gasteiger partial charge in [0.15, 0.2) is 6.10 Å². The van der Waals surface area contributed by atoms with Crippen LogP contribution in [-0.4, -0.2) is 31.6 Å². The van der Waals surface area contributed by atoms with Crippen molar-refractivity contribution in [3.63, 3.8) is 0 Å². The first-order valence-electron chi connectivity index (χ1n) is 8.68. The highest BCUT2D eigenvalue weighted by Gasteiger charge is 2.21. The van der Waals surface area contributed by atoms with Gasteiger partial charge in [0.25, 0.3) is 11.8 Å². The van der Waals surface area contributed by atoms with E-state index in [1.165, 1.54) is 0 Å². The van der Waals surface area contributed by atoms with Gasteiger partial charge in [-0.25, -0.2) is 0 Å². The van der Waals surface area contributed by atoms with Gasteiger partial charge in [0.05, 0.1) is 18.4 Å². The zero-order chi connectivity index (χ0) is 19.6. The Bertz CT molecular complexity index is 787. The number of nitrogens with one attached hydrogen (secondary N) is 2. The van der Waals surface area contributed by atoms with E-state index in [1.807, 2.05) is 6.92 Å². The minimum atomic E-state index is -0.692. The van der Waals surface area contributed by atoms with Crippen molar-refractivity contribution < 1.29 is 19.1 Å². The predicted octanol–water partition coefficient (Wildman–Crippen LogP) is 3.41. The summed E-state index contributed by atoms with van der Waals surface area (Å²) in [5.74, 6) is 0.668. The molecular weight excluding hydrogens is 344 g/mol. The van der Waals surface area contributed by atoms with Gasteiger partial charge in [-0.1, -0.05) is 25.1 Å². The number of carbonyl (C=O) groups excluding carboxylic acids is 2. The van der Waals surface area contributed by atoms with Crippen molar-refractivity contribution in [1.82, 2.24) is 5.32 Å². The molecule has 0 saturated heterocycles. The van der Waals surface area contributed by atoms with Gasteiger partial charge in [-0.2, -0.15) is 0 Å². The first kappa shape index (κ1) is 20.0. The summed E-state index contributed by atoms with van der Waals surface area (Å²) in [5, 5.41) is 5.49. The zero-order valence-corrected chi connectivity index (χ0v) is 15.5. The van der Waals surface area contributed by atoms with Crippen molar-refractivity contribution in [1.29, 1.82) is 0 Å². The van der Waals surface area contributed by atoms with Gasteiger partial charge in [-0.3, -0.25) is 9.59 Å². The smallest absolute Gasteiger partial charge is 0.265 e. The molecule has 0 unspecified atom stereocenters. The van der Waals surface area contributed by atoms with E-state index in [0.717, 1.165) is 0 Å². The maximum Gasteiger partial charge on any atom is 0.265 e. The monoisotopic (exact) mass is 368 g/mol. The van der Waals surface area contributed by atoms with E-state index in [-0.39, 0.29) is 11.8 Å². The molecule has 142 valence electrons. The predicted molar refractivity (Wildman–Crippen MR) is 105 cm³/mol. The molecule has 0 aromatic heterocycles. The molecule has 0 radical (unpaired) electrons. The molecule has 1 atom stereocenters. The second kappa shape index (κ2) is 10.0. The standard InChI is InChI=1S/C21H24N2O4/c1-4-14-22-20(24)17-8-6-7-9-18(17)23-21(25)19(5-2)27-16-12-10-15(26-3)11-13-16/h4,6-13,19H,1,5,14H2,2-3H3,(H,22,24)(H,23,25)/t19-/m1/s1. The molecule has 0 spiro atoms. The minimum absolute atomic E-state index is 0.282. The SMILES string of the molecule is C=CCNC(=O)c1ccccc1NC(=O)[C@@H](CC)Oc1ccc(OC)cc1. The third-order valence-electron chi connectivity index (χ3n) is 3.84. The molecule has 2 aromatic carbocycles. The first-order valence-corrected chi connectivity index (χ1v) is 8.68. The van der Waals surface area contributed by atoms with Crippen molar-refractivity contribution in [3.8, 4) is 11.5 Å². The molecule has 0 bridgehead atoms. The summed E-state index contributed by atoms with van der Waals surface area (Å²) in [4.78, 5) is 24.9. The number of carbonyl (C=O) groups is 2. The molecule has 27 heavy (non-hydrogen) atoms. The lowest BCUT2D eigenvalue weighted by Gasteiger charge is -2.18. The summed E-state index contributed by atoms with van der Waals surface area (Å²) in [7, 11) is 1.58. The second-order valence-corrected chi connectivity index (χ2v) is 5.72. The highest BCUT2D eigenvalue weighted by Crippen LogP contribution is 2.20. The Labute approximate surface area is 159 Å². The molecule has 0 aliphatic carbocycles. The molecule has 2 amide bonds. The lowest BCUT2D eigenvalue weighted by atomic mass is 10.1. The van der Waals surface area contributed by atoms with Crippen LogP contribution in [0.5, 0.6) is 11.5 Å². The van der Waals surface area contributed by atoms with Gasteiger partial charge in [-0.05, 0) is 42.8 Å². The molecule has 0 heterocycles. The third-order valence-corrected chi connectivity index (χ3v) is 3.84. The van der Waals surface area contributed by atoms with Crippen LogP contribution >= 0.6 is 0 Å². The number of benzene rings is 2. The summed E-state index contributed by atoms with van der Waals surface area (Å²) in [6, 6.07) is 13.8. The van der Waals surface area contributed by atoms with Crippen LogP contribution in [0.15, 0.2) is 61.2 Å². The van der Waals surface area contributed by atoms with Crippen LogP contribution in [0, 0.1) is 0 Å². The van der Waals surface area contributed by atoms with E-state index >= 15 is 0 Å². The number of hydrogen-bond acceptors (Lipinski definition) is 4. The van der Waals surface area contributed by atoms with Crippen LogP contribution < -0.4 is 20.1 Å². The van der Waals surface area contributed by atoms with E-state index in [1.54, 1.807) is 61.7 Å². The Balaban J connectivity index is 2.09.